The summed E-state index contributed by atoms with van der Waals surface area (Å²) in [6.45, 7) is 5.51. The first-order chi connectivity index (χ1) is 12.8. The lowest BCUT2D eigenvalue weighted by Crippen LogP contribution is -2.41. The summed E-state index contributed by atoms with van der Waals surface area (Å²) in [6.07, 6.45) is 4.36. The lowest BCUT2D eigenvalue weighted by atomic mass is 10.0. The molecule has 2 aromatic carbocycles. The van der Waals surface area contributed by atoms with Gasteiger partial charge in [-0.15, -0.1) is 11.8 Å². The normalized spacial score (nSPS) is 18.3. The Labute approximate surface area is 159 Å². The molecule has 0 saturated carbocycles. The van der Waals surface area contributed by atoms with E-state index in [-0.39, 0.29) is 0 Å². The van der Waals surface area contributed by atoms with E-state index in [1.165, 1.54) is 35.5 Å². The molecule has 2 heterocycles. The second kappa shape index (κ2) is 8.14. The summed E-state index contributed by atoms with van der Waals surface area (Å²) in [4.78, 5) is 3.93. The number of nitrogens with one attached hydrogen (secondary N) is 2. The van der Waals surface area contributed by atoms with Gasteiger partial charge in [0.25, 0.3) is 0 Å². The quantitative estimate of drug-likeness (QED) is 0.618. The lowest BCUT2D eigenvalue weighted by molar-refractivity contribution is 0.208. The van der Waals surface area contributed by atoms with Gasteiger partial charge in [0.1, 0.15) is 0 Å². The molecular formula is C21H26N4S. The third kappa shape index (κ3) is 4.22. The van der Waals surface area contributed by atoms with Crippen molar-refractivity contribution >= 4 is 28.4 Å². The molecule has 1 saturated heterocycles. The monoisotopic (exact) mass is 366 g/mol. The molecule has 1 atom stereocenters. The smallest absolute Gasteiger partial charge is 0.0651 e. The molecule has 26 heavy (non-hydrogen) atoms. The van der Waals surface area contributed by atoms with E-state index in [2.05, 4.69) is 69.8 Å². The lowest BCUT2D eigenvalue weighted by Gasteiger charge is -2.33. The molecule has 1 fully saturated rings. The van der Waals surface area contributed by atoms with E-state index in [9.17, 15) is 0 Å². The van der Waals surface area contributed by atoms with Gasteiger partial charge < -0.3 is 5.32 Å². The summed E-state index contributed by atoms with van der Waals surface area (Å²) in [5, 5.41) is 12.0. The van der Waals surface area contributed by atoms with Gasteiger partial charge in [0.15, 0.2) is 0 Å². The van der Waals surface area contributed by atoms with Gasteiger partial charge in [0.05, 0.1) is 11.7 Å². The van der Waals surface area contributed by atoms with E-state index in [4.69, 9.17) is 0 Å². The Balaban J connectivity index is 1.36. The number of nitrogens with zero attached hydrogens (tertiary/aromatic N) is 2. The highest BCUT2D eigenvalue weighted by Gasteiger charge is 2.20. The van der Waals surface area contributed by atoms with Gasteiger partial charge in [-0.2, -0.15) is 5.10 Å². The molecule has 1 aliphatic heterocycles. The van der Waals surface area contributed by atoms with Crippen LogP contribution in [0.15, 0.2) is 53.6 Å². The maximum atomic E-state index is 4.10. The number of rotatable bonds is 6. The molecule has 4 nitrogen and oxygen atoms in total. The van der Waals surface area contributed by atoms with Gasteiger partial charge in [-0.3, -0.25) is 10.00 Å². The Morgan fingerprint density at radius 3 is 2.96 bits per heavy atom. The number of hydrogen-bond acceptors (Lipinski definition) is 4. The van der Waals surface area contributed by atoms with Crippen LogP contribution in [0.3, 0.4) is 0 Å². The maximum absolute atomic E-state index is 4.10. The fourth-order valence-electron chi connectivity index (χ4n) is 3.70. The number of aromatic amines is 1. The van der Waals surface area contributed by atoms with Crippen molar-refractivity contribution in [1.29, 1.82) is 0 Å². The van der Waals surface area contributed by atoms with Crippen LogP contribution in [0.25, 0.3) is 10.9 Å². The zero-order valence-electron chi connectivity index (χ0n) is 15.2. The molecule has 1 aliphatic rings. The fraction of sp³-hybridized carbons (Fsp3) is 0.381. The van der Waals surface area contributed by atoms with Crippen molar-refractivity contribution in [2.45, 2.75) is 37.2 Å². The predicted molar refractivity (Wildman–Crippen MR) is 111 cm³/mol. The topological polar surface area (TPSA) is 44.0 Å². The minimum atomic E-state index is 0.503. The largest absolute Gasteiger partial charge is 0.381 e. The number of anilines is 1. The molecule has 3 aromatic rings. The Hall–Kier alpha value is -1.98. The third-order valence-corrected chi connectivity index (χ3v) is 5.85. The number of thioether (sulfide) groups is 1. The summed E-state index contributed by atoms with van der Waals surface area (Å²) in [7, 11) is 0. The van der Waals surface area contributed by atoms with Crippen LogP contribution in [0.2, 0.25) is 0 Å². The molecule has 0 spiro atoms. The van der Waals surface area contributed by atoms with E-state index in [0.29, 0.717) is 6.04 Å². The van der Waals surface area contributed by atoms with Crippen molar-refractivity contribution in [3.63, 3.8) is 0 Å². The van der Waals surface area contributed by atoms with Crippen molar-refractivity contribution in [3.05, 3.63) is 54.2 Å². The van der Waals surface area contributed by atoms with Crippen LogP contribution < -0.4 is 5.32 Å². The van der Waals surface area contributed by atoms with Gasteiger partial charge in [-0.1, -0.05) is 19.1 Å². The molecule has 2 N–H and O–H groups in total. The summed E-state index contributed by atoms with van der Waals surface area (Å²) < 4.78 is 0. The molecule has 0 unspecified atom stereocenters. The van der Waals surface area contributed by atoms with Gasteiger partial charge in [0.2, 0.25) is 0 Å². The van der Waals surface area contributed by atoms with Gasteiger partial charge in [-0.05, 0) is 61.0 Å². The summed E-state index contributed by atoms with van der Waals surface area (Å²) >= 11 is 1.90. The van der Waals surface area contributed by atoms with E-state index in [0.717, 1.165) is 29.7 Å². The average molecular weight is 367 g/mol. The molecule has 0 radical (unpaired) electrons. The van der Waals surface area contributed by atoms with Crippen LogP contribution in [-0.4, -0.2) is 40.0 Å². The second-order valence-corrected chi connectivity index (χ2v) is 8.31. The van der Waals surface area contributed by atoms with Crippen molar-refractivity contribution in [3.8, 4) is 0 Å². The number of aromatic nitrogens is 2. The molecule has 5 heteroatoms. The first-order valence-electron chi connectivity index (χ1n) is 9.44. The first kappa shape index (κ1) is 17.4. The van der Waals surface area contributed by atoms with Crippen LogP contribution in [0.1, 0.15) is 25.3 Å². The van der Waals surface area contributed by atoms with Crippen molar-refractivity contribution in [1.82, 2.24) is 15.1 Å². The zero-order chi connectivity index (χ0) is 17.8. The summed E-state index contributed by atoms with van der Waals surface area (Å²) in [5.74, 6) is 1.13. The SMILES string of the molecule is CCSc1ccc(CN2CCC[C@H](Nc3ccc4[nH]ncc4c3)C2)cc1. The van der Waals surface area contributed by atoms with Crippen molar-refractivity contribution in [2.75, 3.05) is 24.2 Å². The van der Waals surface area contributed by atoms with Crippen LogP contribution in [0.5, 0.6) is 0 Å². The predicted octanol–water partition coefficient (Wildman–Crippen LogP) is 4.75. The van der Waals surface area contributed by atoms with Crippen molar-refractivity contribution < 1.29 is 0 Å². The molecule has 0 bridgehead atoms. The standard InChI is InChI=1S/C21H26N4S/c1-2-26-20-8-5-16(6-9-20)14-25-11-3-4-19(15-25)23-18-7-10-21-17(12-18)13-22-24-21/h5-10,12-13,19,23H,2-4,11,14-15H2,1H3,(H,22,24)/t19-/m0/s1. The Morgan fingerprint density at radius 2 is 2.12 bits per heavy atom. The molecule has 0 aliphatic carbocycles. The minimum absolute atomic E-state index is 0.503. The minimum Gasteiger partial charge on any atom is -0.381 e. The molecular weight excluding hydrogens is 340 g/mol. The maximum Gasteiger partial charge on any atom is 0.0651 e. The van der Waals surface area contributed by atoms with Crippen LogP contribution >= 0.6 is 11.8 Å². The highest BCUT2D eigenvalue weighted by molar-refractivity contribution is 7.99. The van der Waals surface area contributed by atoms with E-state index < -0.39 is 0 Å². The first-order valence-corrected chi connectivity index (χ1v) is 10.4. The Morgan fingerprint density at radius 1 is 1.23 bits per heavy atom. The summed E-state index contributed by atoms with van der Waals surface area (Å²) in [6, 6.07) is 16.0. The Bertz CT molecular complexity index is 843. The molecule has 136 valence electrons. The van der Waals surface area contributed by atoms with Crippen LogP contribution in [-0.2, 0) is 6.54 Å². The van der Waals surface area contributed by atoms with Crippen molar-refractivity contribution in [2.24, 2.45) is 0 Å². The molecule has 4 rings (SSSR count). The van der Waals surface area contributed by atoms with Gasteiger partial charge in [-0.25, -0.2) is 0 Å². The van der Waals surface area contributed by atoms with E-state index in [1.807, 2.05) is 18.0 Å². The highest BCUT2D eigenvalue weighted by atomic mass is 32.2. The number of benzene rings is 2. The number of piperidine rings is 1. The van der Waals surface area contributed by atoms with Crippen LogP contribution in [0.4, 0.5) is 5.69 Å². The number of H-pyrrole nitrogens is 1. The highest BCUT2D eigenvalue weighted by Crippen LogP contribution is 2.22. The number of hydrogen-bond donors (Lipinski definition) is 2. The van der Waals surface area contributed by atoms with Gasteiger partial charge in [0, 0.05) is 35.1 Å². The van der Waals surface area contributed by atoms with Crippen LogP contribution in [0, 0.1) is 0 Å². The third-order valence-electron chi connectivity index (χ3n) is 4.96. The second-order valence-electron chi connectivity index (χ2n) is 6.97. The summed E-state index contributed by atoms with van der Waals surface area (Å²) in [5.41, 5.74) is 3.68. The number of likely N-dealkylation sites (tertiary alicyclic amines) is 1. The van der Waals surface area contributed by atoms with E-state index in [1.54, 1.807) is 0 Å². The molecule has 0 amide bonds. The molecule has 1 aromatic heterocycles. The number of fused-ring (bicyclic) bond motifs is 1. The van der Waals surface area contributed by atoms with E-state index >= 15 is 0 Å². The zero-order valence-corrected chi connectivity index (χ0v) is 16.1. The fourth-order valence-corrected chi connectivity index (χ4v) is 4.36. The Kier molecular flexibility index (Phi) is 5.46. The van der Waals surface area contributed by atoms with Gasteiger partial charge >= 0.3 is 0 Å². The average Bonchev–Trinajstić information content (AvgIpc) is 3.12.